The summed E-state index contributed by atoms with van der Waals surface area (Å²) in [6.45, 7) is 4.17. The second-order valence-electron chi connectivity index (χ2n) is 1.95. The highest BCUT2D eigenvalue weighted by atomic mass is 16.1. The molecule has 1 radical (unpaired) electrons. The molecule has 0 aliphatic rings. The summed E-state index contributed by atoms with van der Waals surface area (Å²) in [4.78, 5) is 9.84. The first-order valence-corrected chi connectivity index (χ1v) is 3.07. The Morgan fingerprint density at radius 3 is 2.67 bits per heavy atom. The van der Waals surface area contributed by atoms with Crippen molar-refractivity contribution in [2.75, 3.05) is 6.54 Å². The summed E-state index contributed by atoms with van der Waals surface area (Å²) in [6.07, 6.45) is 4.38. The van der Waals surface area contributed by atoms with Gasteiger partial charge in [-0.05, 0) is 31.4 Å². The molecular weight excluding hydrogens is 114 g/mol. The van der Waals surface area contributed by atoms with Crippen LogP contribution in [0.25, 0.3) is 0 Å². The van der Waals surface area contributed by atoms with Gasteiger partial charge in [-0.1, -0.05) is 6.58 Å². The molecule has 0 amide bonds. The normalized spacial score (nSPS) is 9.00. The standard InChI is InChI=1S/C7H12NO/c1-7(6-9)4-2-3-5-8/h1-5,8H2. The fourth-order valence-corrected chi connectivity index (χ4v) is 0.534. The third-order valence-corrected chi connectivity index (χ3v) is 1.08. The third kappa shape index (κ3) is 5.24. The van der Waals surface area contributed by atoms with Gasteiger partial charge in [-0.15, -0.1) is 0 Å². The van der Waals surface area contributed by atoms with Crippen LogP contribution in [0.15, 0.2) is 12.2 Å². The smallest absolute Gasteiger partial charge is 0.228 e. The summed E-state index contributed by atoms with van der Waals surface area (Å²) in [5, 5.41) is 0. The molecule has 0 unspecified atom stereocenters. The van der Waals surface area contributed by atoms with E-state index in [1.165, 1.54) is 0 Å². The molecule has 0 aliphatic heterocycles. The third-order valence-electron chi connectivity index (χ3n) is 1.08. The fourth-order valence-electron chi connectivity index (χ4n) is 0.534. The number of nitrogens with two attached hydrogens (primary N) is 1. The predicted octanol–water partition coefficient (Wildman–Crippen LogP) is 0.781. The molecule has 0 atom stereocenters. The number of unbranched alkanes of at least 4 members (excludes halogenated alkanes) is 1. The maximum atomic E-state index is 9.84. The topological polar surface area (TPSA) is 43.1 Å². The molecular formula is C7H12NO. The van der Waals surface area contributed by atoms with Crippen LogP contribution in [0.5, 0.6) is 0 Å². The first kappa shape index (κ1) is 8.37. The number of hydrogen-bond acceptors (Lipinski definition) is 2. The quantitative estimate of drug-likeness (QED) is 0.437. The van der Waals surface area contributed by atoms with Crippen LogP contribution in [0, 0.1) is 0 Å². The molecule has 0 aromatic heterocycles. The van der Waals surface area contributed by atoms with Crippen LogP contribution in [0.4, 0.5) is 0 Å². The average Bonchev–Trinajstić information content (AvgIpc) is 1.89. The van der Waals surface area contributed by atoms with E-state index in [0.717, 1.165) is 19.3 Å². The molecule has 0 fully saturated rings. The first-order chi connectivity index (χ1) is 4.31. The molecule has 0 rings (SSSR count). The highest BCUT2D eigenvalue weighted by Crippen LogP contribution is 2.00. The number of carbonyl (C=O) groups excluding carboxylic acids is 1. The number of allylic oxidation sites excluding steroid dienone is 1. The number of hydrogen-bond donors (Lipinski definition) is 1. The molecule has 0 aromatic rings. The zero-order valence-corrected chi connectivity index (χ0v) is 5.52. The van der Waals surface area contributed by atoms with E-state index >= 15 is 0 Å². The summed E-state index contributed by atoms with van der Waals surface area (Å²) in [7, 11) is 0. The molecule has 2 nitrogen and oxygen atoms in total. The molecule has 0 aromatic carbocycles. The Morgan fingerprint density at radius 2 is 2.22 bits per heavy atom. The van der Waals surface area contributed by atoms with Crippen molar-refractivity contribution in [3.63, 3.8) is 0 Å². The van der Waals surface area contributed by atoms with Crippen molar-refractivity contribution in [1.82, 2.24) is 0 Å². The summed E-state index contributed by atoms with van der Waals surface area (Å²) in [5.74, 6) is 0. The molecule has 51 valence electrons. The van der Waals surface area contributed by atoms with Crippen molar-refractivity contribution in [3.8, 4) is 0 Å². The highest BCUT2D eigenvalue weighted by molar-refractivity contribution is 5.72. The summed E-state index contributed by atoms with van der Waals surface area (Å²) in [6, 6.07) is 0. The minimum atomic E-state index is 0.545. The lowest BCUT2D eigenvalue weighted by atomic mass is 10.1. The van der Waals surface area contributed by atoms with Crippen LogP contribution in [-0.4, -0.2) is 12.8 Å². The van der Waals surface area contributed by atoms with E-state index in [1.807, 2.05) is 0 Å². The van der Waals surface area contributed by atoms with Crippen molar-refractivity contribution in [3.05, 3.63) is 12.2 Å². The monoisotopic (exact) mass is 126 g/mol. The zero-order valence-electron chi connectivity index (χ0n) is 5.52. The van der Waals surface area contributed by atoms with E-state index in [-0.39, 0.29) is 0 Å². The van der Waals surface area contributed by atoms with Crippen molar-refractivity contribution in [2.24, 2.45) is 5.73 Å². The molecule has 0 heterocycles. The van der Waals surface area contributed by atoms with Gasteiger partial charge in [0.25, 0.3) is 0 Å². The van der Waals surface area contributed by atoms with Crippen molar-refractivity contribution in [1.29, 1.82) is 0 Å². The van der Waals surface area contributed by atoms with E-state index in [2.05, 4.69) is 6.58 Å². The largest absolute Gasteiger partial charge is 0.330 e. The molecule has 0 saturated carbocycles. The molecule has 0 aliphatic carbocycles. The van der Waals surface area contributed by atoms with Crippen LogP contribution < -0.4 is 5.73 Å². The van der Waals surface area contributed by atoms with Gasteiger partial charge in [0.2, 0.25) is 6.29 Å². The lowest BCUT2D eigenvalue weighted by Gasteiger charge is -1.93. The summed E-state index contributed by atoms with van der Waals surface area (Å²) >= 11 is 0. The molecule has 0 saturated heterocycles. The molecule has 2 heteroatoms. The highest BCUT2D eigenvalue weighted by Gasteiger charge is 1.90. The molecule has 0 spiro atoms. The minimum Gasteiger partial charge on any atom is -0.330 e. The van der Waals surface area contributed by atoms with Gasteiger partial charge in [-0.25, -0.2) is 0 Å². The Labute approximate surface area is 55.7 Å². The van der Waals surface area contributed by atoms with E-state index in [0.29, 0.717) is 12.1 Å². The number of rotatable bonds is 5. The van der Waals surface area contributed by atoms with Crippen LogP contribution in [-0.2, 0) is 4.79 Å². The zero-order chi connectivity index (χ0) is 7.11. The Kier molecular flexibility index (Phi) is 5.12. The Balaban J connectivity index is 3.07. The van der Waals surface area contributed by atoms with E-state index in [9.17, 15) is 4.79 Å². The van der Waals surface area contributed by atoms with Gasteiger partial charge in [0.15, 0.2) is 0 Å². The second kappa shape index (κ2) is 5.51. The van der Waals surface area contributed by atoms with Crippen LogP contribution in [0.3, 0.4) is 0 Å². The fraction of sp³-hybridized carbons (Fsp3) is 0.571. The minimum absolute atomic E-state index is 0.545. The average molecular weight is 126 g/mol. The predicted molar refractivity (Wildman–Crippen MR) is 37.7 cm³/mol. The van der Waals surface area contributed by atoms with Gasteiger partial charge in [-0.3, -0.25) is 4.79 Å². The van der Waals surface area contributed by atoms with Crippen LogP contribution in [0.2, 0.25) is 0 Å². The van der Waals surface area contributed by atoms with E-state index in [4.69, 9.17) is 5.73 Å². The molecule has 2 N–H and O–H groups in total. The maximum absolute atomic E-state index is 9.84. The van der Waals surface area contributed by atoms with Crippen molar-refractivity contribution < 1.29 is 4.79 Å². The molecule has 0 bridgehead atoms. The summed E-state index contributed by atoms with van der Waals surface area (Å²) in [5.41, 5.74) is 5.77. The Bertz CT molecular complexity index is 99.1. The molecule has 9 heavy (non-hydrogen) atoms. The van der Waals surface area contributed by atoms with Gasteiger partial charge >= 0.3 is 0 Å². The van der Waals surface area contributed by atoms with Crippen LogP contribution >= 0.6 is 0 Å². The Morgan fingerprint density at radius 1 is 1.56 bits per heavy atom. The maximum Gasteiger partial charge on any atom is 0.228 e. The lowest BCUT2D eigenvalue weighted by Crippen LogP contribution is -1.98. The van der Waals surface area contributed by atoms with Crippen molar-refractivity contribution in [2.45, 2.75) is 19.3 Å². The van der Waals surface area contributed by atoms with Crippen LogP contribution in [0.1, 0.15) is 19.3 Å². The van der Waals surface area contributed by atoms with Gasteiger partial charge in [0.05, 0.1) is 0 Å². The SMILES string of the molecule is C=C([C]=O)CCCCN. The van der Waals surface area contributed by atoms with Gasteiger partial charge in [0.1, 0.15) is 0 Å². The van der Waals surface area contributed by atoms with Gasteiger partial charge in [-0.2, -0.15) is 0 Å². The lowest BCUT2D eigenvalue weighted by molar-refractivity contribution is 0.559. The first-order valence-electron chi connectivity index (χ1n) is 3.07. The Hall–Kier alpha value is -0.630. The second-order valence-corrected chi connectivity index (χ2v) is 1.95. The van der Waals surface area contributed by atoms with E-state index in [1.54, 1.807) is 6.29 Å². The summed E-state index contributed by atoms with van der Waals surface area (Å²) < 4.78 is 0. The van der Waals surface area contributed by atoms with Gasteiger partial charge < -0.3 is 5.73 Å². The van der Waals surface area contributed by atoms with E-state index < -0.39 is 0 Å². The van der Waals surface area contributed by atoms with Crippen molar-refractivity contribution >= 4 is 6.29 Å². The van der Waals surface area contributed by atoms with Gasteiger partial charge in [0, 0.05) is 0 Å².